The molecule has 1 spiro atoms. The quantitative estimate of drug-likeness (QED) is 0.756. The summed E-state index contributed by atoms with van der Waals surface area (Å²) in [4.78, 5) is 29.4. The number of urea groups is 1. The molecule has 0 aliphatic carbocycles. The fraction of sp³-hybridized carbons (Fsp3) is 0.364. The van der Waals surface area contributed by atoms with Gasteiger partial charge in [-0.3, -0.25) is 4.79 Å². The van der Waals surface area contributed by atoms with Crippen LogP contribution in [-0.4, -0.2) is 56.9 Å². The van der Waals surface area contributed by atoms with Crippen LogP contribution >= 0.6 is 11.6 Å². The minimum absolute atomic E-state index is 0.144. The molecule has 2 aromatic rings. The molecule has 0 unspecified atom stereocenters. The van der Waals surface area contributed by atoms with Gasteiger partial charge in [-0.25, -0.2) is 4.79 Å². The van der Waals surface area contributed by atoms with Crippen LogP contribution in [-0.2, 0) is 0 Å². The molecule has 0 saturated carbocycles. The van der Waals surface area contributed by atoms with E-state index in [1.165, 1.54) is 0 Å². The molecule has 1 fully saturated rings. The summed E-state index contributed by atoms with van der Waals surface area (Å²) in [6.45, 7) is 0.983. The molecule has 3 amide bonds. The molecule has 31 heavy (non-hydrogen) atoms. The number of ether oxygens (including phenoxy) is 2. The third kappa shape index (κ3) is 3.83. The van der Waals surface area contributed by atoms with Gasteiger partial charge in [-0.1, -0.05) is 11.6 Å². The number of methoxy groups -OCH3 is 2. The topological polar surface area (TPSA) is 83.1 Å². The van der Waals surface area contributed by atoms with Crippen molar-refractivity contribution in [2.24, 2.45) is 0 Å². The van der Waals surface area contributed by atoms with Gasteiger partial charge in [0, 0.05) is 44.1 Å². The van der Waals surface area contributed by atoms with Crippen LogP contribution in [0.4, 0.5) is 16.2 Å². The lowest BCUT2D eigenvalue weighted by molar-refractivity contribution is 0.0815. The lowest BCUT2D eigenvalue weighted by atomic mass is 9.90. The molecule has 2 aromatic carbocycles. The Hall–Kier alpha value is -3.13. The summed E-state index contributed by atoms with van der Waals surface area (Å²) < 4.78 is 10.6. The largest absolute Gasteiger partial charge is 0.497 e. The Kier molecular flexibility index (Phi) is 5.58. The number of likely N-dealkylation sites (tertiary alicyclic amines) is 1. The van der Waals surface area contributed by atoms with E-state index in [1.807, 2.05) is 13.1 Å². The average molecular weight is 445 g/mol. The van der Waals surface area contributed by atoms with Crippen molar-refractivity contribution in [1.29, 1.82) is 0 Å². The number of rotatable bonds is 3. The van der Waals surface area contributed by atoms with Crippen molar-refractivity contribution in [3.05, 3.63) is 47.0 Å². The van der Waals surface area contributed by atoms with E-state index in [-0.39, 0.29) is 11.9 Å². The molecule has 0 radical (unpaired) electrons. The molecular formula is C22H25ClN4O4. The molecular weight excluding hydrogens is 420 g/mol. The molecule has 0 bridgehead atoms. The van der Waals surface area contributed by atoms with Gasteiger partial charge in [0.15, 0.2) is 0 Å². The van der Waals surface area contributed by atoms with Gasteiger partial charge in [0.05, 0.1) is 31.2 Å². The molecule has 2 aliphatic heterocycles. The number of nitrogens with zero attached hydrogens (tertiary/aromatic N) is 2. The zero-order valence-corrected chi connectivity index (χ0v) is 18.5. The number of carbonyl (C=O) groups excluding carboxylic acids is 2. The van der Waals surface area contributed by atoms with Crippen LogP contribution in [0.5, 0.6) is 11.5 Å². The fourth-order valence-corrected chi connectivity index (χ4v) is 4.39. The lowest BCUT2D eigenvalue weighted by Crippen LogP contribution is -2.67. The second-order valence-electron chi connectivity index (χ2n) is 7.69. The highest BCUT2D eigenvalue weighted by molar-refractivity contribution is 6.31. The molecule has 2 N–H and O–H groups in total. The zero-order valence-electron chi connectivity index (χ0n) is 17.7. The molecule has 0 aromatic heterocycles. The van der Waals surface area contributed by atoms with E-state index < -0.39 is 5.66 Å². The normalized spacial score (nSPS) is 17.1. The summed E-state index contributed by atoms with van der Waals surface area (Å²) in [5.74, 6) is 1.03. The van der Waals surface area contributed by atoms with Crippen molar-refractivity contribution in [1.82, 2.24) is 10.2 Å². The van der Waals surface area contributed by atoms with Crippen LogP contribution in [0.3, 0.4) is 0 Å². The second-order valence-corrected chi connectivity index (χ2v) is 8.13. The van der Waals surface area contributed by atoms with Gasteiger partial charge in [0.2, 0.25) is 0 Å². The maximum Gasteiger partial charge on any atom is 0.321 e. The van der Waals surface area contributed by atoms with Gasteiger partial charge in [0.25, 0.3) is 5.91 Å². The molecule has 9 heteroatoms. The summed E-state index contributed by atoms with van der Waals surface area (Å²) in [6, 6.07) is 10.3. The van der Waals surface area contributed by atoms with Crippen molar-refractivity contribution >= 4 is 34.9 Å². The number of halogens is 1. The number of carbonyl (C=O) groups is 2. The third-order valence-corrected chi connectivity index (χ3v) is 6.31. The third-order valence-electron chi connectivity index (χ3n) is 6.08. The number of nitrogens with one attached hydrogen (secondary N) is 2. The lowest BCUT2D eigenvalue weighted by Gasteiger charge is -2.51. The fourth-order valence-electron chi connectivity index (χ4n) is 4.22. The van der Waals surface area contributed by atoms with Crippen molar-refractivity contribution in [3.8, 4) is 11.5 Å². The molecule has 164 valence electrons. The SMILES string of the molecule is COc1ccc(OC)c(NC(=O)N2CCC3(CC2)NC(=O)c2cc(Cl)ccc2N3C)c1. The Morgan fingerprint density at radius 3 is 2.55 bits per heavy atom. The summed E-state index contributed by atoms with van der Waals surface area (Å²) in [5.41, 5.74) is 1.40. The van der Waals surface area contributed by atoms with Gasteiger partial charge < -0.3 is 29.9 Å². The number of anilines is 2. The first-order valence-electron chi connectivity index (χ1n) is 10.0. The summed E-state index contributed by atoms with van der Waals surface area (Å²) in [6.07, 6.45) is 1.19. The van der Waals surface area contributed by atoms with Crippen LogP contribution < -0.4 is 25.0 Å². The van der Waals surface area contributed by atoms with Crippen molar-refractivity contribution in [3.63, 3.8) is 0 Å². The first kappa shape index (κ1) is 21.1. The van der Waals surface area contributed by atoms with E-state index in [0.717, 1.165) is 5.69 Å². The number of hydrogen-bond acceptors (Lipinski definition) is 5. The Morgan fingerprint density at radius 2 is 1.87 bits per heavy atom. The van der Waals surface area contributed by atoms with E-state index in [9.17, 15) is 9.59 Å². The smallest absolute Gasteiger partial charge is 0.321 e. The zero-order chi connectivity index (χ0) is 22.2. The number of hydrogen-bond donors (Lipinski definition) is 2. The molecule has 4 rings (SSSR count). The Bertz CT molecular complexity index is 1020. The van der Waals surface area contributed by atoms with Crippen molar-refractivity contribution in [2.75, 3.05) is 44.6 Å². The first-order chi connectivity index (χ1) is 14.9. The monoisotopic (exact) mass is 444 g/mol. The highest BCUT2D eigenvalue weighted by atomic mass is 35.5. The molecule has 1 saturated heterocycles. The number of benzene rings is 2. The standard InChI is InChI=1S/C22H25ClN4O4/c1-26-18-6-4-14(23)12-16(18)20(28)25-22(26)8-10-27(11-9-22)21(29)24-17-13-15(30-2)5-7-19(17)31-3/h4-7,12-13H,8-11H2,1-3H3,(H,24,29)(H,25,28). The second kappa shape index (κ2) is 8.19. The van der Waals surface area contributed by atoms with E-state index in [0.29, 0.717) is 53.7 Å². The van der Waals surface area contributed by atoms with Crippen molar-refractivity contribution < 1.29 is 19.1 Å². The predicted octanol–water partition coefficient (Wildman–Crippen LogP) is 3.56. The minimum atomic E-state index is -0.539. The summed E-state index contributed by atoms with van der Waals surface area (Å²) in [7, 11) is 5.08. The van der Waals surface area contributed by atoms with Crippen LogP contribution in [0.2, 0.25) is 5.02 Å². The van der Waals surface area contributed by atoms with Crippen molar-refractivity contribution in [2.45, 2.75) is 18.5 Å². The van der Waals surface area contributed by atoms with Gasteiger partial charge in [-0.2, -0.15) is 0 Å². The van der Waals surface area contributed by atoms with E-state index in [2.05, 4.69) is 15.5 Å². The summed E-state index contributed by atoms with van der Waals surface area (Å²) >= 11 is 6.06. The molecule has 8 nitrogen and oxygen atoms in total. The average Bonchev–Trinajstić information content (AvgIpc) is 2.78. The van der Waals surface area contributed by atoms with Crippen LogP contribution in [0.25, 0.3) is 0 Å². The summed E-state index contributed by atoms with van der Waals surface area (Å²) in [5, 5.41) is 6.57. The Balaban J connectivity index is 1.47. The van der Waals surface area contributed by atoms with Crippen LogP contribution in [0.15, 0.2) is 36.4 Å². The number of piperidine rings is 1. The minimum Gasteiger partial charge on any atom is -0.497 e. The highest BCUT2D eigenvalue weighted by Gasteiger charge is 2.44. The van der Waals surface area contributed by atoms with Gasteiger partial charge in [-0.15, -0.1) is 0 Å². The van der Waals surface area contributed by atoms with Crippen LogP contribution in [0, 0.1) is 0 Å². The highest BCUT2D eigenvalue weighted by Crippen LogP contribution is 2.37. The van der Waals surface area contributed by atoms with Gasteiger partial charge in [-0.05, 0) is 30.3 Å². The van der Waals surface area contributed by atoms with Crippen LogP contribution in [0.1, 0.15) is 23.2 Å². The van der Waals surface area contributed by atoms with E-state index in [1.54, 1.807) is 49.5 Å². The maximum absolute atomic E-state index is 12.9. The van der Waals surface area contributed by atoms with E-state index in [4.69, 9.17) is 21.1 Å². The number of amides is 3. The first-order valence-corrected chi connectivity index (χ1v) is 10.4. The maximum atomic E-state index is 12.9. The van der Waals surface area contributed by atoms with Gasteiger partial charge >= 0.3 is 6.03 Å². The van der Waals surface area contributed by atoms with E-state index >= 15 is 0 Å². The Labute approximate surface area is 186 Å². The molecule has 2 heterocycles. The Morgan fingerprint density at radius 1 is 1.13 bits per heavy atom. The predicted molar refractivity (Wildman–Crippen MR) is 119 cm³/mol. The molecule has 2 aliphatic rings. The number of fused-ring (bicyclic) bond motifs is 1. The molecule has 0 atom stereocenters. The van der Waals surface area contributed by atoms with Gasteiger partial charge in [0.1, 0.15) is 17.2 Å².